The molecule has 1 aromatic rings. The van der Waals surface area contributed by atoms with Crippen LogP contribution in [0.1, 0.15) is 37.3 Å². The average molecular weight is 251 g/mol. The normalized spacial score (nSPS) is 16.1. The van der Waals surface area contributed by atoms with Gasteiger partial charge in [-0.25, -0.2) is 4.98 Å². The Kier molecular flexibility index (Phi) is 4.30. The van der Waals surface area contributed by atoms with Crippen molar-refractivity contribution in [3.05, 3.63) is 11.6 Å². The quantitative estimate of drug-likeness (QED) is 0.804. The molecular weight excluding hydrogens is 230 g/mol. The van der Waals surface area contributed by atoms with Gasteiger partial charge in [0.25, 0.3) is 0 Å². The lowest BCUT2D eigenvalue weighted by molar-refractivity contribution is -0.129. The minimum absolute atomic E-state index is 0.0874. The third kappa shape index (κ3) is 3.53. The molecule has 0 aliphatic heterocycles. The molecule has 0 radical (unpaired) electrons. The van der Waals surface area contributed by atoms with Crippen LogP contribution >= 0.6 is 0 Å². The van der Waals surface area contributed by atoms with Crippen molar-refractivity contribution in [3.8, 4) is 0 Å². The monoisotopic (exact) mass is 251 g/mol. The third-order valence-corrected chi connectivity index (χ3v) is 3.35. The van der Waals surface area contributed by atoms with E-state index in [1.54, 1.807) is 11.9 Å². The van der Waals surface area contributed by atoms with E-state index in [0.29, 0.717) is 25.0 Å². The van der Waals surface area contributed by atoms with E-state index in [4.69, 9.17) is 0 Å². The molecule has 18 heavy (non-hydrogen) atoms. The molecule has 0 spiro atoms. The van der Waals surface area contributed by atoms with Crippen molar-refractivity contribution in [1.29, 1.82) is 0 Å². The molecule has 0 saturated heterocycles. The van der Waals surface area contributed by atoms with Crippen LogP contribution in [0.15, 0.2) is 0 Å². The Morgan fingerprint density at radius 1 is 1.50 bits per heavy atom. The second-order valence-corrected chi connectivity index (χ2v) is 4.95. The Morgan fingerprint density at radius 2 is 2.22 bits per heavy atom. The first-order chi connectivity index (χ1) is 8.65. The van der Waals surface area contributed by atoms with Gasteiger partial charge in [-0.3, -0.25) is 9.89 Å². The van der Waals surface area contributed by atoms with Gasteiger partial charge in [0.05, 0.1) is 13.1 Å². The molecule has 100 valence electrons. The highest BCUT2D eigenvalue weighted by molar-refractivity contribution is 5.77. The largest absolute Gasteiger partial charge is 0.337 e. The van der Waals surface area contributed by atoms with Gasteiger partial charge >= 0.3 is 0 Å². The van der Waals surface area contributed by atoms with Gasteiger partial charge in [-0.2, -0.15) is 5.10 Å². The van der Waals surface area contributed by atoms with Gasteiger partial charge in [-0.05, 0) is 19.8 Å². The summed E-state index contributed by atoms with van der Waals surface area (Å²) in [4.78, 5) is 17.8. The molecule has 1 heterocycles. The van der Waals surface area contributed by atoms with Gasteiger partial charge in [0, 0.05) is 13.1 Å². The lowest BCUT2D eigenvalue weighted by Crippen LogP contribution is -2.39. The minimum atomic E-state index is 0.0874. The Bertz CT molecular complexity index is 397. The van der Waals surface area contributed by atoms with Gasteiger partial charge in [0.2, 0.25) is 5.91 Å². The zero-order chi connectivity index (χ0) is 13.0. The molecule has 0 bridgehead atoms. The van der Waals surface area contributed by atoms with Crippen LogP contribution in [0, 0.1) is 6.92 Å². The van der Waals surface area contributed by atoms with E-state index in [2.05, 4.69) is 20.5 Å². The summed E-state index contributed by atoms with van der Waals surface area (Å²) in [5.41, 5.74) is 0. The van der Waals surface area contributed by atoms with Crippen LogP contribution in [0.4, 0.5) is 0 Å². The number of aromatic amines is 1. The van der Waals surface area contributed by atoms with Gasteiger partial charge in [0.15, 0.2) is 5.82 Å². The van der Waals surface area contributed by atoms with Crippen molar-refractivity contribution in [2.75, 3.05) is 13.6 Å². The number of rotatable bonds is 5. The van der Waals surface area contributed by atoms with E-state index in [1.165, 1.54) is 25.7 Å². The predicted octanol–water partition coefficient (Wildman–Crippen LogP) is 0.604. The van der Waals surface area contributed by atoms with Crippen LogP contribution in [0.5, 0.6) is 0 Å². The van der Waals surface area contributed by atoms with Crippen molar-refractivity contribution in [3.63, 3.8) is 0 Å². The van der Waals surface area contributed by atoms with E-state index >= 15 is 0 Å². The molecule has 0 unspecified atom stereocenters. The third-order valence-electron chi connectivity index (χ3n) is 3.35. The summed E-state index contributed by atoms with van der Waals surface area (Å²) in [5.74, 6) is 1.52. The SMILES string of the molecule is Cc1nc(CN(C)C(=O)CNC2CCCC2)n[nH]1. The molecule has 1 aliphatic rings. The second-order valence-electron chi connectivity index (χ2n) is 4.95. The van der Waals surface area contributed by atoms with Crippen LogP contribution in [0.25, 0.3) is 0 Å². The molecule has 2 N–H and O–H groups in total. The minimum Gasteiger partial charge on any atom is -0.337 e. The topological polar surface area (TPSA) is 73.9 Å². The fourth-order valence-corrected chi connectivity index (χ4v) is 2.26. The van der Waals surface area contributed by atoms with Gasteiger partial charge in [-0.1, -0.05) is 12.8 Å². The summed E-state index contributed by atoms with van der Waals surface area (Å²) in [5, 5.41) is 10.1. The molecule has 6 heteroatoms. The maximum Gasteiger partial charge on any atom is 0.236 e. The molecule has 1 saturated carbocycles. The van der Waals surface area contributed by atoms with Crippen LogP contribution < -0.4 is 5.32 Å². The Balaban J connectivity index is 1.74. The van der Waals surface area contributed by atoms with E-state index < -0.39 is 0 Å². The summed E-state index contributed by atoms with van der Waals surface area (Å²) in [6, 6.07) is 0.521. The first-order valence-electron chi connectivity index (χ1n) is 6.50. The zero-order valence-corrected chi connectivity index (χ0v) is 11.1. The van der Waals surface area contributed by atoms with Crippen molar-refractivity contribution in [2.24, 2.45) is 0 Å². The number of carbonyl (C=O) groups excluding carboxylic acids is 1. The standard InChI is InChI=1S/C12H21N5O/c1-9-14-11(16-15-9)8-17(2)12(18)7-13-10-5-3-4-6-10/h10,13H,3-8H2,1-2H3,(H,14,15,16). The van der Waals surface area contributed by atoms with Crippen LogP contribution in [-0.2, 0) is 11.3 Å². The number of nitrogens with zero attached hydrogens (tertiary/aromatic N) is 3. The smallest absolute Gasteiger partial charge is 0.236 e. The molecule has 6 nitrogen and oxygen atoms in total. The molecule has 0 aromatic carbocycles. The van der Waals surface area contributed by atoms with Gasteiger partial charge in [-0.15, -0.1) is 0 Å². The lowest BCUT2D eigenvalue weighted by Gasteiger charge is -2.17. The van der Waals surface area contributed by atoms with Crippen molar-refractivity contribution < 1.29 is 4.79 Å². The van der Waals surface area contributed by atoms with Crippen LogP contribution in [-0.4, -0.2) is 45.6 Å². The summed E-state index contributed by atoms with van der Waals surface area (Å²) < 4.78 is 0. The molecule has 1 aliphatic carbocycles. The number of hydrogen-bond acceptors (Lipinski definition) is 4. The zero-order valence-electron chi connectivity index (χ0n) is 11.1. The number of likely N-dealkylation sites (N-methyl/N-ethyl adjacent to an activating group) is 1. The van der Waals surface area contributed by atoms with E-state index in [1.807, 2.05) is 6.92 Å². The summed E-state index contributed by atoms with van der Waals surface area (Å²) in [6.07, 6.45) is 4.94. The van der Waals surface area contributed by atoms with Crippen molar-refractivity contribution in [2.45, 2.75) is 45.2 Å². The number of nitrogens with one attached hydrogen (secondary N) is 2. The van der Waals surface area contributed by atoms with Gasteiger partial charge in [0.1, 0.15) is 5.82 Å². The Labute approximate surface area is 107 Å². The molecule has 1 fully saturated rings. The fourth-order valence-electron chi connectivity index (χ4n) is 2.26. The Morgan fingerprint density at radius 3 is 2.83 bits per heavy atom. The predicted molar refractivity (Wildman–Crippen MR) is 67.9 cm³/mol. The summed E-state index contributed by atoms with van der Waals surface area (Å²) >= 11 is 0. The highest BCUT2D eigenvalue weighted by atomic mass is 16.2. The van der Waals surface area contributed by atoms with Crippen LogP contribution in [0.2, 0.25) is 0 Å². The first-order valence-corrected chi connectivity index (χ1v) is 6.50. The second kappa shape index (κ2) is 5.95. The number of hydrogen-bond donors (Lipinski definition) is 2. The van der Waals surface area contributed by atoms with E-state index in [-0.39, 0.29) is 5.91 Å². The number of amides is 1. The van der Waals surface area contributed by atoms with Crippen molar-refractivity contribution in [1.82, 2.24) is 25.4 Å². The van der Waals surface area contributed by atoms with Crippen molar-refractivity contribution >= 4 is 5.91 Å². The first kappa shape index (κ1) is 13.0. The fraction of sp³-hybridized carbons (Fsp3) is 0.750. The average Bonchev–Trinajstić information content (AvgIpc) is 2.97. The molecular formula is C12H21N5O. The highest BCUT2D eigenvalue weighted by Crippen LogP contribution is 2.17. The lowest BCUT2D eigenvalue weighted by atomic mass is 10.2. The maximum absolute atomic E-state index is 11.9. The summed E-state index contributed by atoms with van der Waals surface area (Å²) in [7, 11) is 1.78. The summed E-state index contributed by atoms with van der Waals surface area (Å²) in [6.45, 7) is 2.71. The maximum atomic E-state index is 11.9. The molecule has 1 amide bonds. The van der Waals surface area contributed by atoms with E-state index in [9.17, 15) is 4.79 Å². The van der Waals surface area contributed by atoms with Gasteiger partial charge < -0.3 is 10.2 Å². The molecule has 1 aromatic heterocycles. The molecule has 2 rings (SSSR count). The van der Waals surface area contributed by atoms with Crippen LogP contribution in [0.3, 0.4) is 0 Å². The molecule has 0 atom stereocenters. The number of aryl methyl sites for hydroxylation is 1. The Hall–Kier alpha value is -1.43. The number of carbonyl (C=O) groups is 1. The highest BCUT2D eigenvalue weighted by Gasteiger charge is 2.17. The van der Waals surface area contributed by atoms with E-state index in [0.717, 1.165) is 5.82 Å². The number of H-pyrrole nitrogens is 1. The number of aromatic nitrogens is 3.